The summed E-state index contributed by atoms with van der Waals surface area (Å²) >= 11 is 0. The first kappa shape index (κ1) is 13.3. The molecule has 3 rings (SSSR count). The van der Waals surface area contributed by atoms with Gasteiger partial charge in [0.25, 0.3) is 0 Å². The van der Waals surface area contributed by atoms with Crippen LogP contribution in [0.1, 0.15) is 32.6 Å². The molecule has 1 fully saturated rings. The monoisotopic (exact) mass is 270 g/mol. The summed E-state index contributed by atoms with van der Waals surface area (Å²) in [5.41, 5.74) is 3.02. The molecular formula is C16H22N4. The van der Waals surface area contributed by atoms with Gasteiger partial charge in [-0.15, -0.1) is 0 Å². The summed E-state index contributed by atoms with van der Waals surface area (Å²) in [4.78, 5) is 8.64. The number of hydrogen-bond acceptors (Lipinski definition) is 4. The van der Waals surface area contributed by atoms with Crippen LogP contribution in [0.2, 0.25) is 0 Å². The number of nitrogens with zero attached hydrogens (tertiary/aromatic N) is 2. The van der Waals surface area contributed by atoms with Crippen LogP contribution in [0.3, 0.4) is 0 Å². The lowest BCUT2D eigenvalue weighted by molar-refractivity contribution is 0.371. The van der Waals surface area contributed by atoms with Gasteiger partial charge < -0.3 is 10.6 Å². The predicted molar refractivity (Wildman–Crippen MR) is 82.9 cm³/mol. The van der Waals surface area contributed by atoms with Crippen LogP contribution in [0.4, 0.5) is 5.69 Å². The van der Waals surface area contributed by atoms with Gasteiger partial charge in [-0.1, -0.05) is 6.42 Å². The molecule has 106 valence electrons. The van der Waals surface area contributed by atoms with Crippen molar-refractivity contribution in [2.24, 2.45) is 0 Å². The molecule has 2 unspecified atom stereocenters. The standard InChI is InChI=1S/C16H22N4/c1-12(10-13-4-2-3-7-17-13)20-14-5-6-15-16(11-14)19-9-8-18-15/h5-6,8-9,11-13,17,20H,2-4,7,10H2,1H3. The Bertz CT molecular complexity index is 563. The third kappa shape index (κ3) is 3.25. The SMILES string of the molecule is CC(CC1CCCCN1)Nc1ccc2nccnc2c1. The van der Waals surface area contributed by atoms with Crippen molar-refractivity contribution in [3.63, 3.8) is 0 Å². The molecule has 1 aromatic carbocycles. The smallest absolute Gasteiger partial charge is 0.0907 e. The molecule has 2 N–H and O–H groups in total. The van der Waals surface area contributed by atoms with Gasteiger partial charge in [0.05, 0.1) is 11.0 Å². The fourth-order valence-corrected chi connectivity index (χ4v) is 2.95. The first-order valence-electron chi connectivity index (χ1n) is 7.52. The number of rotatable bonds is 4. The highest BCUT2D eigenvalue weighted by Crippen LogP contribution is 2.18. The van der Waals surface area contributed by atoms with Crippen molar-refractivity contribution in [1.82, 2.24) is 15.3 Å². The summed E-state index contributed by atoms with van der Waals surface area (Å²) in [5.74, 6) is 0. The number of nitrogens with one attached hydrogen (secondary N) is 2. The number of benzene rings is 1. The molecule has 0 saturated carbocycles. The lowest BCUT2D eigenvalue weighted by Gasteiger charge is -2.27. The molecule has 1 saturated heterocycles. The molecular weight excluding hydrogens is 248 g/mol. The van der Waals surface area contributed by atoms with E-state index in [1.807, 2.05) is 6.07 Å². The van der Waals surface area contributed by atoms with Crippen LogP contribution in [-0.4, -0.2) is 28.6 Å². The molecule has 0 spiro atoms. The number of hydrogen-bond donors (Lipinski definition) is 2. The van der Waals surface area contributed by atoms with E-state index >= 15 is 0 Å². The van der Waals surface area contributed by atoms with Crippen molar-refractivity contribution in [1.29, 1.82) is 0 Å². The second-order valence-electron chi connectivity index (χ2n) is 5.69. The van der Waals surface area contributed by atoms with Gasteiger partial charge in [-0.3, -0.25) is 9.97 Å². The van der Waals surface area contributed by atoms with Gasteiger partial charge in [-0.05, 0) is 50.9 Å². The molecule has 0 radical (unpaired) electrons. The van der Waals surface area contributed by atoms with Gasteiger partial charge in [-0.25, -0.2) is 0 Å². The second kappa shape index (κ2) is 6.18. The normalized spacial score (nSPS) is 20.8. The van der Waals surface area contributed by atoms with Crippen LogP contribution in [0, 0.1) is 0 Å². The Morgan fingerprint density at radius 2 is 2.10 bits per heavy atom. The number of piperidine rings is 1. The van der Waals surface area contributed by atoms with Crippen LogP contribution in [0.25, 0.3) is 11.0 Å². The van der Waals surface area contributed by atoms with E-state index in [0.717, 1.165) is 16.7 Å². The zero-order chi connectivity index (χ0) is 13.8. The topological polar surface area (TPSA) is 49.8 Å². The Kier molecular flexibility index (Phi) is 4.11. The molecule has 1 aromatic heterocycles. The van der Waals surface area contributed by atoms with Crippen molar-refractivity contribution in [3.05, 3.63) is 30.6 Å². The zero-order valence-corrected chi connectivity index (χ0v) is 12.0. The van der Waals surface area contributed by atoms with Crippen LogP contribution >= 0.6 is 0 Å². The highest BCUT2D eigenvalue weighted by Gasteiger charge is 2.15. The van der Waals surface area contributed by atoms with E-state index in [-0.39, 0.29) is 0 Å². The number of anilines is 1. The molecule has 2 aromatic rings. The maximum atomic E-state index is 4.35. The third-order valence-electron chi connectivity index (χ3n) is 3.93. The predicted octanol–water partition coefficient (Wildman–Crippen LogP) is 2.96. The number of aromatic nitrogens is 2. The van der Waals surface area contributed by atoms with Crippen molar-refractivity contribution < 1.29 is 0 Å². The summed E-state index contributed by atoms with van der Waals surface area (Å²) in [5, 5.41) is 7.18. The summed E-state index contributed by atoms with van der Waals surface area (Å²) in [6.07, 6.45) is 8.61. The maximum Gasteiger partial charge on any atom is 0.0907 e. The van der Waals surface area contributed by atoms with E-state index in [9.17, 15) is 0 Å². The zero-order valence-electron chi connectivity index (χ0n) is 12.0. The van der Waals surface area contributed by atoms with E-state index in [4.69, 9.17) is 0 Å². The van der Waals surface area contributed by atoms with E-state index in [0.29, 0.717) is 12.1 Å². The van der Waals surface area contributed by atoms with E-state index in [1.54, 1.807) is 12.4 Å². The number of fused-ring (bicyclic) bond motifs is 1. The Balaban J connectivity index is 1.62. The maximum absolute atomic E-state index is 4.35. The minimum Gasteiger partial charge on any atom is -0.382 e. The van der Waals surface area contributed by atoms with Crippen LogP contribution in [0.5, 0.6) is 0 Å². The van der Waals surface area contributed by atoms with Crippen LogP contribution in [0.15, 0.2) is 30.6 Å². The van der Waals surface area contributed by atoms with Gasteiger partial charge in [0, 0.05) is 30.2 Å². The van der Waals surface area contributed by atoms with Gasteiger partial charge >= 0.3 is 0 Å². The van der Waals surface area contributed by atoms with E-state index < -0.39 is 0 Å². The van der Waals surface area contributed by atoms with Crippen molar-refractivity contribution in [2.45, 2.75) is 44.7 Å². The lowest BCUT2D eigenvalue weighted by Crippen LogP contribution is -2.37. The average molecular weight is 270 g/mol. The minimum absolute atomic E-state index is 0.458. The van der Waals surface area contributed by atoms with E-state index in [2.05, 4.69) is 39.7 Å². The molecule has 4 heteroatoms. The molecule has 2 heterocycles. The van der Waals surface area contributed by atoms with Gasteiger partial charge in [0.15, 0.2) is 0 Å². The summed E-state index contributed by atoms with van der Waals surface area (Å²) < 4.78 is 0. The van der Waals surface area contributed by atoms with Crippen molar-refractivity contribution >= 4 is 16.7 Å². The summed E-state index contributed by atoms with van der Waals surface area (Å²) in [7, 11) is 0. The Labute approximate surface area is 120 Å². The lowest BCUT2D eigenvalue weighted by atomic mass is 9.98. The Morgan fingerprint density at radius 1 is 1.25 bits per heavy atom. The Morgan fingerprint density at radius 3 is 2.90 bits per heavy atom. The molecule has 2 atom stereocenters. The first-order chi connectivity index (χ1) is 9.81. The molecule has 0 bridgehead atoms. The van der Waals surface area contributed by atoms with Gasteiger partial charge in [-0.2, -0.15) is 0 Å². The molecule has 0 amide bonds. The van der Waals surface area contributed by atoms with E-state index in [1.165, 1.54) is 32.2 Å². The second-order valence-corrected chi connectivity index (χ2v) is 5.69. The Hall–Kier alpha value is -1.68. The van der Waals surface area contributed by atoms with Crippen LogP contribution in [-0.2, 0) is 0 Å². The highest BCUT2D eigenvalue weighted by molar-refractivity contribution is 5.78. The molecule has 0 aliphatic carbocycles. The molecule has 1 aliphatic heterocycles. The largest absolute Gasteiger partial charge is 0.382 e. The molecule has 20 heavy (non-hydrogen) atoms. The third-order valence-corrected chi connectivity index (χ3v) is 3.93. The van der Waals surface area contributed by atoms with Crippen molar-refractivity contribution in [2.75, 3.05) is 11.9 Å². The highest BCUT2D eigenvalue weighted by atomic mass is 15.0. The van der Waals surface area contributed by atoms with Gasteiger partial charge in [0.2, 0.25) is 0 Å². The minimum atomic E-state index is 0.458. The molecule has 4 nitrogen and oxygen atoms in total. The summed E-state index contributed by atoms with van der Waals surface area (Å²) in [6, 6.07) is 7.30. The van der Waals surface area contributed by atoms with Gasteiger partial charge in [0.1, 0.15) is 0 Å². The quantitative estimate of drug-likeness (QED) is 0.897. The van der Waals surface area contributed by atoms with Crippen molar-refractivity contribution in [3.8, 4) is 0 Å². The first-order valence-corrected chi connectivity index (χ1v) is 7.52. The molecule has 1 aliphatic rings. The fraction of sp³-hybridized carbons (Fsp3) is 0.500. The fourth-order valence-electron chi connectivity index (χ4n) is 2.95. The summed E-state index contributed by atoms with van der Waals surface area (Å²) in [6.45, 7) is 3.42. The average Bonchev–Trinajstić information content (AvgIpc) is 2.48. The van der Waals surface area contributed by atoms with Crippen LogP contribution < -0.4 is 10.6 Å².